The van der Waals surface area contributed by atoms with Gasteiger partial charge in [-0.2, -0.15) is 0 Å². The minimum absolute atomic E-state index is 0.296. The molecule has 0 saturated carbocycles. The Labute approximate surface area is 125 Å². The molecule has 0 saturated heterocycles. The lowest BCUT2D eigenvalue weighted by atomic mass is 9.88. The summed E-state index contributed by atoms with van der Waals surface area (Å²) >= 11 is 0. The lowest BCUT2D eigenvalue weighted by Crippen LogP contribution is -2.01. The Morgan fingerprint density at radius 3 is 2.52 bits per heavy atom. The van der Waals surface area contributed by atoms with Crippen molar-refractivity contribution in [1.82, 2.24) is 0 Å². The van der Waals surface area contributed by atoms with Gasteiger partial charge >= 0.3 is 0 Å². The first-order chi connectivity index (χ1) is 10.2. The number of ether oxygens (including phenoxy) is 1. The van der Waals surface area contributed by atoms with Gasteiger partial charge in [0.1, 0.15) is 0 Å². The first-order valence-corrected chi connectivity index (χ1v) is 7.37. The number of fused-ring (bicyclic) bond motifs is 1. The van der Waals surface area contributed by atoms with Crippen molar-refractivity contribution >= 4 is 11.6 Å². The summed E-state index contributed by atoms with van der Waals surface area (Å²) < 4.78 is 18.9. The fourth-order valence-electron chi connectivity index (χ4n) is 2.83. The minimum Gasteiger partial charge on any atom is -0.494 e. The summed E-state index contributed by atoms with van der Waals surface area (Å²) in [6.45, 7) is 2.15. The maximum absolute atomic E-state index is 13.9. The molecule has 0 atom stereocenters. The lowest BCUT2D eigenvalue weighted by molar-refractivity contribution is 0.386. The average molecular weight is 282 g/mol. The third-order valence-corrected chi connectivity index (χ3v) is 4.14. The van der Waals surface area contributed by atoms with E-state index in [1.54, 1.807) is 6.07 Å². The number of aryl methyl sites for hydroxylation is 2. The summed E-state index contributed by atoms with van der Waals surface area (Å²) in [5.74, 6) is 0.0352. The quantitative estimate of drug-likeness (QED) is 0.779. The zero-order chi connectivity index (χ0) is 14.8. The molecule has 3 rings (SSSR count). The maximum Gasteiger partial charge on any atom is 0.165 e. The Hall–Kier alpha value is -2.09. The molecule has 1 aliphatic rings. The van der Waals surface area contributed by atoms with Gasteiger partial charge in [-0.05, 0) is 59.2 Å². The van der Waals surface area contributed by atoms with E-state index in [1.807, 2.05) is 6.07 Å². The Bertz CT molecular complexity index is 683. The summed E-state index contributed by atoms with van der Waals surface area (Å²) in [6, 6.07) is 12.1. The third-order valence-electron chi connectivity index (χ3n) is 4.14. The van der Waals surface area contributed by atoms with E-state index in [2.05, 4.69) is 37.3 Å². The second kappa shape index (κ2) is 5.72. The molecule has 0 aliphatic heterocycles. The van der Waals surface area contributed by atoms with Crippen molar-refractivity contribution in [3.8, 4) is 5.75 Å². The second-order valence-electron chi connectivity index (χ2n) is 5.41. The molecule has 0 aromatic heterocycles. The highest BCUT2D eigenvalue weighted by molar-refractivity contribution is 5.84. The normalized spacial score (nSPS) is 13.6. The highest BCUT2D eigenvalue weighted by Gasteiger charge is 2.15. The Morgan fingerprint density at radius 2 is 1.86 bits per heavy atom. The second-order valence-corrected chi connectivity index (χ2v) is 5.41. The van der Waals surface area contributed by atoms with Crippen molar-refractivity contribution in [1.29, 1.82) is 0 Å². The molecule has 0 amide bonds. The van der Waals surface area contributed by atoms with Crippen molar-refractivity contribution in [2.45, 2.75) is 26.2 Å². The average Bonchev–Trinajstić information content (AvgIpc) is 2.53. The van der Waals surface area contributed by atoms with Crippen molar-refractivity contribution in [3.05, 3.63) is 64.5 Å². The fourth-order valence-corrected chi connectivity index (χ4v) is 2.83. The van der Waals surface area contributed by atoms with E-state index in [-0.39, 0.29) is 5.82 Å². The number of halogens is 1. The molecule has 0 fully saturated rings. The first kappa shape index (κ1) is 13.9. The van der Waals surface area contributed by atoms with E-state index < -0.39 is 0 Å². The molecule has 108 valence electrons. The number of methoxy groups -OCH3 is 1. The summed E-state index contributed by atoms with van der Waals surface area (Å²) in [5.41, 5.74) is 5.96. The molecule has 0 bridgehead atoms. The third kappa shape index (κ3) is 2.71. The van der Waals surface area contributed by atoms with Crippen LogP contribution in [0.15, 0.2) is 36.4 Å². The minimum atomic E-state index is -0.296. The molecule has 2 heteroatoms. The van der Waals surface area contributed by atoms with E-state index >= 15 is 0 Å². The lowest BCUT2D eigenvalue weighted by Gasteiger charge is -2.18. The Balaban J connectivity index is 1.97. The summed E-state index contributed by atoms with van der Waals surface area (Å²) in [4.78, 5) is 0. The maximum atomic E-state index is 13.9. The van der Waals surface area contributed by atoms with E-state index in [0.29, 0.717) is 5.75 Å². The zero-order valence-electron chi connectivity index (χ0n) is 12.4. The van der Waals surface area contributed by atoms with Crippen LogP contribution in [0, 0.1) is 5.82 Å². The summed E-state index contributed by atoms with van der Waals surface area (Å²) in [6.07, 6.45) is 5.05. The highest BCUT2D eigenvalue weighted by Crippen LogP contribution is 2.33. The number of benzene rings is 2. The number of allylic oxidation sites excluding steroid dienone is 1. The van der Waals surface area contributed by atoms with Crippen molar-refractivity contribution in [3.63, 3.8) is 0 Å². The fraction of sp³-hybridized carbons (Fsp3) is 0.263. The SMILES string of the molecule is CCc1ccc(C2=Cc3cc(F)c(OC)cc3CC2)cc1. The van der Waals surface area contributed by atoms with Crippen LogP contribution in [0.2, 0.25) is 0 Å². The van der Waals surface area contributed by atoms with Crippen molar-refractivity contribution in [2.75, 3.05) is 7.11 Å². The number of hydrogen-bond donors (Lipinski definition) is 0. The first-order valence-electron chi connectivity index (χ1n) is 7.37. The number of hydrogen-bond acceptors (Lipinski definition) is 1. The van der Waals surface area contributed by atoms with Gasteiger partial charge in [0.2, 0.25) is 0 Å². The Morgan fingerprint density at radius 1 is 1.10 bits per heavy atom. The molecule has 0 unspecified atom stereocenters. The molecule has 0 heterocycles. The van der Waals surface area contributed by atoms with Gasteiger partial charge < -0.3 is 4.74 Å². The van der Waals surface area contributed by atoms with E-state index in [9.17, 15) is 4.39 Å². The summed E-state index contributed by atoms with van der Waals surface area (Å²) in [7, 11) is 1.50. The van der Waals surface area contributed by atoms with Crippen LogP contribution in [0.1, 0.15) is 35.6 Å². The Kier molecular flexibility index (Phi) is 3.78. The standard InChI is InChI=1S/C19H19FO/c1-3-13-4-6-14(7-5-13)15-8-9-16-12-19(21-2)18(20)11-17(16)10-15/h4-7,10-12H,3,8-9H2,1-2H3. The molecule has 2 aromatic carbocycles. The van der Waals surface area contributed by atoms with Crippen molar-refractivity contribution < 1.29 is 9.13 Å². The molecule has 21 heavy (non-hydrogen) atoms. The van der Waals surface area contributed by atoms with Gasteiger partial charge in [0.25, 0.3) is 0 Å². The van der Waals surface area contributed by atoms with Crippen LogP contribution in [0.5, 0.6) is 5.75 Å². The van der Waals surface area contributed by atoms with Crippen LogP contribution >= 0.6 is 0 Å². The molecular weight excluding hydrogens is 263 g/mol. The predicted molar refractivity (Wildman–Crippen MR) is 85.0 cm³/mol. The van der Waals surface area contributed by atoms with Crippen LogP contribution in [0.25, 0.3) is 11.6 Å². The van der Waals surface area contributed by atoms with Gasteiger partial charge in [-0.15, -0.1) is 0 Å². The van der Waals surface area contributed by atoms with E-state index in [1.165, 1.54) is 23.8 Å². The van der Waals surface area contributed by atoms with Crippen molar-refractivity contribution in [2.24, 2.45) is 0 Å². The van der Waals surface area contributed by atoms with Crippen LogP contribution in [-0.4, -0.2) is 7.11 Å². The largest absolute Gasteiger partial charge is 0.494 e. The topological polar surface area (TPSA) is 9.23 Å². The van der Waals surface area contributed by atoms with Gasteiger partial charge in [0.15, 0.2) is 11.6 Å². The van der Waals surface area contributed by atoms with Crippen LogP contribution in [-0.2, 0) is 12.8 Å². The van der Waals surface area contributed by atoms with Crippen LogP contribution in [0.4, 0.5) is 4.39 Å². The van der Waals surface area contributed by atoms with Gasteiger partial charge in [-0.3, -0.25) is 0 Å². The molecule has 1 nitrogen and oxygen atoms in total. The molecule has 1 aliphatic carbocycles. The van der Waals surface area contributed by atoms with Gasteiger partial charge in [-0.1, -0.05) is 37.3 Å². The predicted octanol–water partition coefficient (Wildman–Crippen LogP) is 4.88. The molecule has 2 aromatic rings. The van der Waals surface area contributed by atoms with E-state index in [0.717, 1.165) is 30.4 Å². The van der Waals surface area contributed by atoms with Gasteiger partial charge in [0, 0.05) is 0 Å². The smallest absolute Gasteiger partial charge is 0.165 e. The van der Waals surface area contributed by atoms with Gasteiger partial charge in [0.05, 0.1) is 7.11 Å². The molecular formula is C19H19FO. The van der Waals surface area contributed by atoms with Crippen LogP contribution in [0.3, 0.4) is 0 Å². The van der Waals surface area contributed by atoms with Gasteiger partial charge in [-0.25, -0.2) is 4.39 Å². The highest BCUT2D eigenvalue weighted by atomic mass is 19.1. The van der Waals surface area contributed by atoms with Crippen LogP contribution < -0.4 is 4.74 Å². The summed E-state index contributed by atoms with van der Waals surface area (Å²) in [5, 5.41) is 0. The molecule has 0 radical (unpaired) electrons. The molecule has 0 spiro atoms. The van der Waals surface area contributed by atoms with E-state index in [4.69, 9.17) is 4.74 Å². The number of rotatable bonds is 3. The monoisotopic (exact) mass is 282 g/mol. The zero-order valence-corrected chi connectivity index (χ0v) is 12.4. The molecule has 0 N–H and O–H groups in total.